The van der Waals surface area contributed by atoms with Crippen molar-refractivity contribution in [3.63, 3.8) is 0 Å². The summed E-state index contributed by atoms with van der Waals surface area (Å²) in [5.41, 5.74) is 0.541. The molecule has 1 N–H and O–H groups in total. The van der Waals surface area contributed by atoms with E-state index >= 15 is 0 Å². The average Bonchev–Trinajstić information content (AvgIpc) is 2.27. The molecule has 0 aliphatic heterocycles. The Morgan fingerprint density at radius 3 is 2.65 bits per heavy atom. The zero-order valence-corrected chi connectivity index (χ0v) is 11.3. The highest BCUT2D eigenvalue weighted by Crippen LogP contribution is 2.13. The average molecular weight is 300 g/mol. The van der Waals surface area contributed by atoms with Crippen LogP contribution >= 0.6 is 15.9 Å². The fourth-order valence-electron chi connectivity index (χ4n) is 1.41. The number of carbonyl (C=O) groups excluding carboxylic acids is 1. The van der Waals surface area contributed by atoms with E-state index in [0.717, 1.165) is 4.47 Å². The number of carboxylic acids is 1. The summed E-state index contributed by atoms with van der Waals surface area (Å²) in [7, 11) is 1.60. The molecule has 1 atom stereocenters. The van der Waals surface area contributed by atoms with Crippen molar-refractivity contribution in [2.45, 2.75) is 6.92 Å². The SMILES string of the molecule is CC(CN(C)C(=O)c1cccc(Br)c1)C(=O)O. The van der Waals surface area contributed by atoms with Crippen LogP contribution in [0.4, 0.5) is 0 Å². The van der Waals surface area contributed by atoms with Gasteiger partial charge in [-0.2, -0.15) is 0 Å². The molecule has 0 aliphatic rings. The zero-order valence-electron chi connectivity index (χ0n) is 9.68. The van der Waals surface area contributed by atoms with E-state index in [0.29, 0.717) is 5.56 Å². The number of carboxylic acid groups (broad SMARTS) is 1. The molecule has 0 aliphatic carbocycles. The molecule has 0 bridgehead atoms. The van der Waals surface area contributed by atoms with Gasteiger partial charge in [0.2, 0.25) is 0 Å². The van der Waals surface area contributed by atoms with Gasteiger partial charge >= 0.3 is 5.97 Å². The van der Waals surface area contributed by atoms with Crippen molar-refractivity contribution < 1.29 is 14.7 Å². The Morgan fingerprint density at radius 1 is 1.47 bits per heavy atom. The van der Waals surface area contributed by atoms with Crippen molar-refractivity contribution in [3.8, 4) is 0 Å². The number of hydrogen-bond acceptors (Lipinski definition) is 2. The molecule has 0 fully saturated rings. The third kappa shape index (κ3) is 3.85. The molecule has 0 saturated heterocycles. The number of nitrogens with zero attached hydrogens (tertiary/aromatic N) is 1. The van der Waals surface area contributed by atoms with E-state index in [-0.39, 0.29) is 12.5 Å². The highest BCUT2D eigenvalue weighted by atomic mass is 79.9. The second-order valence-electron chi connectivity index (χ2n) is 3.94. The normalized spacial score (nSPS) is 11.9. The van der Waals surface area contributed by atoms with E-state index in [9.17, 15) is 9.59 Å². The Hall–Kier alpha value is -1.36. The van der Waals surface area contributed by atoms with E-state index in [2.05, 4.69) is 15.9 Å². The molecule has 1 amide bonds. The first-order valence-corrected chi connectivity index (χ1v) is 5.95. The fraction of sp³-hybridized carbons (Fsp3) is 0.333. The summed E-state index contributed by atoms with van der Waals surface area (Å²) in [4.78, 5) is 24.1. The highest BCUT2D eigenvalue weighted by Gasteiger charge is 2.18. The quantitative estimate of drug-likeness (QED) is 0.927. The first-order chi connectivity index (χ1) is 7.91. The first kappa shape index (κ1) is 13.7. The zero-order chi connectivity index (χ0) is 13.0. The van der Waals surface area contributed by atoms with Gasteiger partial charge in [0.15, 0.2) is 0 Å². The lowest BCUT2D eigenvalue weighted by molar-refractivity contribution is -0.141. The van der Waals surface area contributed by atoms with E-state index in [1.807, 2.05) is 6.07 Å². The van der Waals surface area contributed by atoms with Crippen molar-refractivity contribution in [2.24, 2.45) is 5.92 Å². The molecule has 0 saturated carbocycles. The maximum absolute atomic E-state index is 12.0. The van der Waals surface area contributed by atoms with Crippen molar-refractivity contribution >= 4 is 27.8 Å². The molecule has 1 aromatic rings. The van der Waals surface area contributed by atoms with Gasteiger partial charge in [-0.05, 0) is 18.2 Å². The van der Waals surface area contributed by atoms with Crippen molar-refractivity contribution in [2.75, 3.05) is 13.6 Å². The Kier molecular flexibility index (Phi) is 4.69. The van der Waals surface area contributed by atoms with Crippen LogP contribution in [0.25, 0.3) is 0 Å². The largest absolute Gasteiger partial charge is 0.481 e. The van der Waals surface area contributed by atoms with Gasteiger partial charge in [-0.1, -0.05) is 28.9 Å². The number of hydrogen-bond donors (Lipinski definition) is 1. The van der Waals surface area contributed by atoms with Crippen LogP contribution in [0.2, 0.25) is 0 Å². The molecule has 0 heterocycles. The van der Waals surface area contributed by atoms with Crippen molar-refractivity contribution in [3.05, 3.63) is 34.3 Å². The summed E-state index contributed by atoms with van der Waals surface area (Å²) in [6.45, 7) is 1.77. The summed E-state index contributed by atoms with van der Waals surface area (Å²) in [5, 5.41) is 8.78. The standard InChI is InChI=1S/C12H14BrNO3/c1-8(12(16)17)7-14(2)11(15)9-4-3-5-10(13)6-9/h3-6,8H,7H2,1-2H3,(H,16,17). The van der Waals surface area contributed by atoms with Crippen LogP contribution in [0.15, 0.2) is 28.7 Å². The van der Waals surface area contributed by atoms with E-state index in [1.54, 1.807) is 32.2 Å². The highest BCUT2D eigenvalue weighted by molar-refractivity contribution is 9.10. The van der Waals surface area contributed by atoms with E-state index in [1.165, 1.54) is 4.90 Å². The number of carbonyl (C=O) groups is 2. The number of benzene rings is 1. The topological polar surface area (TPSA) is 57.6 Å². The number of halogens is 1. The Morgan fingerprint density at radius 2 is 2.12 bits per heavy atom. The number of amides is 1. The molecule has 17 heavy (non-hydrogen) atoms. The van der Waals surface area contributed by atoms with Gasteiger partial charge in [0.1, 0.15) is 0 Å². The van der Waals surface area contributed by atoms with Gasteiger partial charge in [0.25, 0.3) is 5.91 Å². The molecule has 0 spiro atoms. The van der Waals surface area contributed by atoms with Gasteiger partial charge in [-0.3, -0.25) is 9.59 Å². The van der Waals surface area contributed by atoms with Crippen LogP contribution in [0.3, 0.4) is 0 Å². The van der Waals surface area contributed by atoms with Crippen molar-refractivity contribution in [1.82, 2.24) is 4.90 Å². The van der Waals surface area contributed by atoms with Crippen LogP contribution in [0, 0.1) is 5.92 Å². The van der Waals surface area contributed by atoms with Crippen LogP contribution in [-0.4, -0.2) is 35.5 Å². The van der Waals surface area contributed by atoms with Crippen LogP contribution < -0.4 is 0 Å². The van der Waals surface area contributed by atoms with Crippen LogP contribution in [0.1, 0.15) is 17.3 Å². The molecular formula is C12H14BrNO3. The molecule has 4 nitrogen and oxygen atoms in total. The monoisotopic (exact) mass is 299 g/mol. The third-order valence-corrected chi connectivity index (χ3v) is 2.88. The van der Waals surface area contributed by atoms with Crippen molar-refractivity contribution in [1.29, 1.82) is 0 Å². The maximum Gasteiger partial charge on any atom is 0.308 e. The van der Waals surface area contributed by atoms with Gasteiger partial charge < -0.3 is 10.0 Å². The molecule has 1 unspecified atom stereocenters. The lowest BCUT2D eigenvalue weighted by Crippen LogP contribution is -2.33. The predicted molar refractivity (Wildman–Crippen MR) is 67.9 cm³/mol. The minimum atomic E-state index is -0.904. The van der Waals surface area contributed by atoms with Crippen LogP contribution in [-0.2, 0) is 4.79 Å². The summed E-state index contributed by atoms with van der Waals surface area (Å²) in [6.07, 6.45) is 0. The number of aliphatic carboxylic acids is 1. The lowest BCUT2D eigenvalue weighted by atomic mass is 10.1. The lowest BCUT2D eigenvalue weighted by Gasteiger charge is -2.19. The smallest absolute Gasteiger partial charge is 0.308 e. The maximum atomic E-state index is 12.0. The minimum absolute atomic E-state index is 0.181. The minimum Gasteiger partial charge on any atom is -0.481 e. The molecule has 1 aromatic carbocycles. The molecular weight excluding hydrogens is 286 g/mol. The van der Waals surface area contributed by atoms with Gasteiger partial charge in [0, 0.05) is 23.6 Å². The van der Waals surface area contributed by atoms with E-state index < -0.39 is 11.9 Å². The molecule has 5 heteroatoms. The predicted octanol–water partition coefficient (Wildman–Crippen LogP) is 2.24. The Bertz CT molecular complexity index is 434. The van der Waals surface area contributed by atoms with Gasteiger partial charge in [-0.25, -0.2) is 0 Å². The Balaban J connectivity index is 2.73. The Labute approximate surface area is 108 Å². The summed E-state index contributed by atoms with van der Waals surface area (Å²) >= 11 is 3.29. The van der Waals surface area contributed by atoms with E-state index in [4.69, 9.17) is 5.11 Å². The van der Waals surface area contributed by atoms with Crippen LogP contribution in [0.5, 0.6) is 0 Å². The summed E-state index contributed by atoms with van der Waals surface area (Å²) < 4.78 is 0.822. The molecule has 92 valence electrons. The second kappa shape index (κ2) is 5.82. The molecule has 0 aromatic heterocycles. The summed E-state index contributed by atoms with van der Waals surface area (Å²) in [6, 6.07) is 7.02. The van der Waals surface area contributed by atoms with Gasteiger partial charge in [-0.15, -0.1) is 0 Å². The number of rotatable bonds is 4. The first-order valence-electron chi connectivity index (χ1n) is 5.15. The van der Waals surface area contributed by atoms with Gasteiger partial charge in [0.05, 0.1) is 5.92 Å². The summed E-state index contributed by atoms with van der Waals surface area (Å²) in [5.74, 6) is -1.66. The molecule has 0 radical (unpaired) electrons. The second-order valence-corrected chi connectivity index (χ2v) is 4.85. The third-order valence-electron chi connectivity index (χ3n) is 2.39. The molecule has 1 rings (SSSR count). The fourth-order valence-corrected chi connectivity index (χ4v) is 1.81.